The average molecular weight is 207 g/mol. The van der Waals surface area contributed by atoms with E-state index in [1.165, 1.54) is 0 Å². The molecule has 0 radical (unpaired) electrons. The minimum absolute atomic E-state index is 0.254. The van der Waals surface area contributed by atoms with Crippen LogP contribution in [0.3, 0.4) is 0 Å². The largest absolute Gasteiger partial charge is 0.462 e. The number of esters is 1. The molecule has 0 saturated heterocycles. The summed E-state index contributed by atoms with van der Waals surface area (Å²) in [5.74, 6) is 0.248. The molecular weight excluding hydrogens is 190 g/mol. The molecule has 15 heavy (non-hydrogen) atoms. The van der Waals surface area contributed by atoms with Crippen LogP contribution in [0, 0.1) is 5.92 Å². The fraction of sp³-hybridized carbons (Fsp3) is 0.500. The summed E-state index contributed by atoms with van der Waals surface area (Å²) in [5, 5.41) is 0. The molecule has 0 N–H and O–H groups in total. The van der Waals surface area contributed by atoms with E-state index in [0.29, 0.717) is 18.1 Å². The second kappa shape index (κ2) is 5.49. The number of nitrogens with zero attached hydrogens (tertiary/aromatic N) is 1. The second-order valence-electron chi connectivity index (χ2n) is 3.85. The van der Waals surface area contributed by atoms with Gasteiger partial charge in [0.1, 0.15) is 0 Å². The molecule has 0 saturated carbocycles. The number of ether oxygens (including phenoxy) is 1. The van der Waals surface area contributed by atoms with Crippen molar-refractivity contribution < 1.29 is 9.53 Å². The smallest absolute Gasteiger partial charge is 0.338 e. The summed E-state index contributed by atoms with van der Waals surface area (Å²) in [5.41, 5.74) is 1.60. The number of carbonyl (C=O) groups excluding carboxylic acids is 1. The molecule has 0 fully saturated rings. The Morgan fingerprint density at radius 3 is 2.87 bits per heavy atom. The summed E-state index contributed by atoms with van der Waals surface area (Å²) >= 11 is 0. The van der Waals surface area contributed by atoms with Crippen molar-refractivity contribution in [2.75, 3.05) is 6.61 Å². The highest BCUT2D eigenvalue weighted by Gasteiger charge is 2.12. The van der Waals surface area contributed by atoms with Gasteiger partial charge in [-0.05, 0) is 30.9 Å². The molecule has 0 aliphatic rings. The highest BCUT2D eigenvalue weighted by atomic mass is 16.5. The molecule has 0 aromatic carbocycles. The molecule has 0 atom stereocenters. The lowest BCUT2D eigenvalue weighted by Crippen LogP contribution is -2.10. The van der Waals surface area contributed by atoms with Crippen LogP contribution in [-0.2, 0) is 11.2 Å². The van der Waals surface area contributed by atoms with Crippen LogP contribution < -0.4 is 0 Å². The molecule has 1 aromatic rings. The summed E-state index contributed by atoms with van der Waals surface area (Å²) in [4.78, 5) is 15.6. The van der Waals surface area contributed by atoms with Crippen molar-refractivity contribution in [3.63, 3.8) is 0 Å². The Balaban J connectivity index is 2.90. The summed E-state index contributed by atoms with van der Waals surface area (Å²) < 4.78 is 4.98. The van der Waals surface area contributed by atoms with Crippen molar-refractivity contribution >= 4 is 5.97 Å². The molecule has 0 bridgehead atoms. The van der Waals surface area contributed by atoms with Crippen molar-refractivity contribution in [1.29, 1.82) is 0 Å². The number of rotatable bonds is 4. The molecule has 0 aliphatic carbocycles. The number of carbonyl (C=O) groups is 1. The molecule has 0 aliphatic heterocycles. The van der Waals surface area contributed by atoms with Crippen LogP contribution in [0.4, 0.5) is 0 Å². The number of hydrogen-bond donors (Lipinski definition) is 0. The zero-order valence-corrected chi connectivity index (χ0v) is 9.49. The predicted octanol–water partition coefficient (Wildman–Crippen LogP) is 2.46. The third-order valence-electron chi connectivity index (χ3n) is 2.03. The second-order valence-corrected chi connectivity index (χ2v) is 3.85. The van der Waals surface area contributed by atoms with Crippen LogP contribution in [0.15, 0.2) is 18.5 Å². The number of aromatic nitrogens is 1. The van der Waals surface area contributed by atoms with E-state index in [1.54, 1.807) is 25.4 Å². The van der Waals surface area contributed by atoms with E-state index < -0.39 is 0 Å². The Morgan fingerprint density at radius 1 is 1.53 bits per heavy atom. The molecule has 1 aromatic heterocycles. The maximum absolute atomic E-state index is 11.6. The Morgan fingerprint density at radius 2 is 2.27 bits per heavy atom. The summed E-state index contributed by atoms with van der Waals surface area (Å²) in [6.45, 7) is 6.44. The lowest BCUT2D eigenvalue weighted by atomic mass is 10.0. The first-order valence-electron chi connectivity index (χ1n) is 5.25. The fourth-order valence-electron chi connectivity index (χ4n) is 1.44. The summed E-state index contributed by atoms with van der Waals surface area (Å²) in [7, 11) is 0. The van der Waals surface area contributed by atoms with E-state index in [4.69, 9.17) is 4.74 Å². The van der Waals surface area contributed by atoms with E-state index in [1.807, 2.05) is 0 Å². The first-order valence-corrected chi connectivity index (χ1v) is 5.25. The van der Waals surface area contributed by atoms with Crippen molar-refractivity contribution in [2.24, 2.45) is 5.92 Å². The van der Waals surface area contributed by atoms with Crippen LogP contribution in [0.5, 0.6) is 0 Å². The summed E-state index contributed by atoms with van der Waals surface area (Å²) in [6.07, 6.45) is 4.21. The van der Waals surface area contributed by atoms with Crippen molar-refractivity contribution in [2.45, 2.75) is 27.2 Å². The quantitative estimate of drug-likeness (QED) is 0.712. The molecular formula is C12H17NO2. The van der Waals surface area contributed by atoms with Crippen LogP contribution in [-0.4, -0.2) is 17.6 Å². The lowest BCUT2D eigenvalue weighted by molar-refractivity contribution is 0.0525. The third-order valence-corrected chi connectivity index (χ3v) is 2.03. The van der Waals surface area contributed by atoms with E-state index in [0.717, 1.165) is 12.0 Å². The van der Waals surface area contributed by atoms with E-state index in [2.05, 4.69) is 18.8 Å². The maximum atomic E-state index is 11.6. The van der Waals surface area contributed by atoms with Gasteiger partial charge >= 0.3 is 5.97 Å². The maximum Gasteiger partial charge on any atom is 0.338 e. The third kappa shape index (κ3) is 3.35. The SMILES string of the molecule is CCOC(=O)c1ccncc1CC(C)C. The molecule has 82 valence electrons. The van der Waals surface area contributed by atoms with Gasteiger partial charge in [0.05, 0.1) is 12.2 Å². The van der Waals surface area contributed by atoms with Crippen molar-refractivity contribution in [3.8, 4) is 0 Å². The van der Waals surface area contributed by atoms with Gasteiger partial charge in [0.2, 0.25) is 0 Å². The zero-order chi connectivity index (χ0) is 11.3. The standard InChI is InChI=1S/C12H17NO2/c1-4-15-12(14)11-5-6-13-8-10(11)7-9(2)3/h5-6,8-9H,4,7H2,1-3H3. The highest BCUT2D eigenvalue weighted by Crippen LogP contribution is 2.13. The molecule has 0 amide bonds. The van der Waals surface area contributed by atoms with Crippen molar-refractivity contribution in [3.05, 3.63) is 29.6 Å². The van der Waals surface area contributed by atoms with Crippen LogP contribution in [0.25, 0.3) is 0 Å². The average Bonchev–Trinajstić information content (AvgIpc) is 2.18. The molecule has 0 spiro atoms. The van der Waals surface area contributed by atoms with Gasteiger partial charge in [-0.1, -0.05) is 13.8 Å². The molecule has 3 nitrogen and oxygen atoms in total. The highest BCUT2D eigenvalue weighted by molar-refractivity contribution is 5.90. The zero-order valence-electron chi connectivity index (χ0n) is 9.49. The molecule has 1 heterocycles. The fourth-order valence-corrected chi connectivity index (χ4v) is 1.44. The topological polar surface area (TPSA) is 39.2 Å². The monoisotopic (exact) mass is 207 g/mol. The Labute approximate surface area is 90.5 Å². The van der Waals surface area contributed by atoms with Gasteiger partial charge in [-0.25, -0.2) is 4.79 Å². The van der Waals surface area contributed by atoms with Crippen LogP contribution in [0.2, 0.25) is 0 Å². The van der Waals surface area contributed by atoms with Gasteiger partial charge in [0.25, 0.3) is 0 Å². The van der Waals surface area contributed by atoms with Gasteiger partial charge in [-0.15, -0.1) is 0 Å². The normalized spacial score (nSPS) is 10.4. The first kappa shape index (κ1) is 11.7. The van der Waals surface area contributed by atoms with E-state index in [9.17, 15) is 4.79 Å². The lowest BCUT2D eigenvalue weighted by Gasteiger charge is -2.09. The van der Waals surface area contributed by atoms with Gasteiger partial charge < -0.3 is 4.74 Å². The molecule has 1 rings (SSSR count). The Kier molecular flexibility index (Phi) is 4.28. The van der Waals surface area contributed by atoms with Gasteiger partial charge in [-0.3, -0.25) is 4.98 Å². The Bertz CT molecular complexity index is 334. The van der Waals surface area contributed by atoms with E-state index in [-0.39, 0.29) is 5.97 Å². The Hall–Kier alpha value is -1.38. The van der Waals surface area contributed by atoms with Crippen LogP contribution in [0.1, 0.15) is 36.7 Å². The number of pyridine rings is 1. The number of hydrogen-bond acceptors (Lipinski definition) is 3. The van der Waals surface area contributed by atoms with Gasteiger partial charge in [0, 0.05) is 12.4 Å². The van der Waals surface area contributed by atoms with Gasteiger partial charge in [-0.2, -0.15) is 0 Å². The van der Waals surface area contributed by atoms with E-state index >= 15 is 0 Å². The minimum atomic E-state index is -0.254. The van der Waals surface area contributed by atoms with Gasteiger partial charge in [0.15, 0.2) is 0 Å². The minimum Gasteiger partial charge on any atom is -0.462 e. The first-order chi connectivity index (χ1) is 7.15. The summed E-state index contributed by atoms with van der Waals surface area (Å²) in [6, 6.07) is 1.72. The predicted molar refractivity (Wildman–Crippen MR) is 58.7 cm³/mol. The molecule has 3 heteroatoms. The molecule has 0 unspecified atom stereocenters. The van der Waals surface area contributed by atoms with Crippen molar-refractivity contribution in [1.82, 2.24) is 4.98 Å². The van der Waals surface area contributed by atoms with Crippen LogP contribution >= 0.6 is 0 Å².